The molecule has 2 aromatic rings. The van der Waals surface area contributed by atoms with Gasteiger partial charge in [0.05, 0.1) is 0 Å². The Hall–Kier alpha value is -0.0805. The second kappa shape index (κ2) is 9.80. The van der Waals surface area contributed by atoms with Gasteiger partial charge in [-0.1, -0.05) is 6.42 Å². The van der Waals surface area contributed by atoms with Gasteiger partial charge in [-0.15, -0.1) is 9.79 Å². The minimum absolute atomic E-state index is 0. The SMILES string of the molecule is [Fe].c1cc[c-](SCCCCCS[c-]2cccc2)c1. The van der Waals surface area contributed by atoms with Crippen LogP contribution >= 0.6 is 23.5 Å². The minimum atomic E-state index is 0. The molecule has 100 valence electrons. The molecule has 0 saturated carbocycles. The van der Waals surface area contributed by atoms with Gasteiger partial charge in [-0.25, -0.2) is 24.3 Å². The average Bonchev–Trinajstić information content (AvgIpc) is 3.00. The molecule has 0 aliphatic heterocycles. The van der Waals surface area contributed by atoms with Crippen molar-refractivity contribution in [2.45, 2.75) is 29.1 Å². The van der Waals surface area contributed by atoms with Crippen LogP contribution in [0, 0.1) is 0 Å². The molecular formula is C15H18FeS2-2. The van der Waals surface area contributed by atoms with Gasteiger partial charge in [0, 0.05) is 17.1 Å². The first-order valence-corrected chi connectivity index (χ1v) is 8.11. The molecule has 0 aliphatic rings. The molecular weight excluding hydrogens is 300 g/mol. The summed E-state index contributed by atoms with van der Waals surface area (Å²) in [5.41, 5.74) is 0. The van der Waals surface area contributed by atoms with E-state index in [1.807, 2.05) is 23.5 Å². The van der Waals surface area contributed by atoms with Crippen LogP contribution in [-0.4, -0.2) is 11.5 Å². The Kier molecular flexibility index (Phi) is 8.70. The van der Waals surface area contributed by atoms with E-state index in [1.54, 1.807) is 0 Å². The molecule has 0 radical (unpaired) electrons. The van der Waals surface area contributed by atoms with Gasteiger partial charge in [0.15, 0.2) is 0 Å². The Morgan fingerprint density at radius 2 is 1.00 bits per heavy atom. The Morgan fingerprint density at radius 1 is 0.611 bits per heavy atom. The van der Waals surface area contributed by atoms with E-state index in [0.717, 1.165) is 0 Å². The number of rotatable bonds is 8. The summed E-state index contributed by atoms with van der Waals surface area (Å²) >= 11 is 3.95. The van der Waals surface area contributed by atoms with Crippen LogP contribution in [0.4, 0.5) is 0 Å². The Labute approximate surface area is 129 Å². The predicted octanol–water partition coefficient (Wildman–Crippen LogP) is 5.18. The normalized spacial score (nSPS) is 10.2. The molecule has 0 amide bonds. The smallest absolute Gasteiger partial charge is 0 e. The second-order valence-corrected chi connectivity index (χ2v) is 6.34. The minimum Gasteiger partial charge on any atom is -0.213 e. The second-order valence-electron chi connectivity index (χ2n) is 4.00. The first-order valence-electron chi connectivity index (χ1n) is 6.14. The molecule has 0 aromatic heterocycles. The zero-order chi connectivity index (χ0) is 11.8. The molecule has 0 nitrogen and oxygen atoms in total. The summed E-state index contributed by atoms with van der Waals surface area (Å²) in [6, 6.07) is 17.2. The summed E-state index contributed by atoms with van der Waals surface area (Å²) in [6.45, 7) is 0. The van der Waals surface area contributed by atoms with E-state index in [9.17, 15) is 0 Å². The monoisotopic (exact) mass is 318 g/mol. The van der Waals surface area contributed by atoms with Crippen molar-refractivity contribution in [3.63, 3.8) is 0 Å². The van der Waals surface area contributed by atoms with Crippen LogP contribution in [0.15, 0.2) is 58.3 Å². The van der Waals surface area contributed by atoms with Crippen molar-refractivity contribution >= 4 is 23.5 Å². The van der Waals surface area contributed by atoms with Gasteiger partial charge in [-0.05, 0) is 24.3 Å². The molecule has 0 atom stereocenters. The molecule has 3 heteroatoms. The van der Waals surface area contributed by atoms with Crippen LogP contribution in [0.5, 0.6) is 0 Å². The molecule has 0 N–H and O–H groups in total. The summed E-state index contributed by atoms with van der Waals surface area (Å²) in [4.78, 5) is 2.83. The van der Waals surface area contributed by atoms with E-state index in [2.05, 4.69) is 48.5 Å². The van der Waals surface area contributed by atoms with Crippen molar-refractivity contribution < 1.29 is 17.1 Å². The zero-order valence-corrected chi connectivity index (χ0v) is 13.1. The molecule has 0 spiro atoms. The van der Waals surface area contributed by atoms with Gasteiger partial charge in [0.1, 0.15) is 0 Å². The third kappa shape index (κ3) is 6.19. The molecule has 0 bridgehead atoms. The van der Waals surface area contributed by atoms with Crippen molar-refractivity contribution in [1.82, 2.24) is 0 Å². The Morgan fingerprint density at radius 3 is 1.39 bits per heavy atom. The summed E-state index contributed by atoms with van der Waals surface area (Å²) in [7, 11) is 0. The summed E-state index contributed by atoms with van der Waals surface area (Å²) < 4.78 is 0. The fourth-order valence-electron chi connectivity index (χ4n) is 1.67. The Balaban J connectivity index is 0.00000162. The maximum absolute atomic E-state index is 2.19. The van der Waals surface area contributed by atoms with E-state index in [1.165, 1.54) is 40.6 Å². The van der Waals surface area contributed by atoms with Crippen LogP contribution in [0.1, 0.15) is 19.3 Å². The van der Waals surface area contributed by atoms with Crippen LogP contribution in [0.3, 0.4) is 0 Å². The fourth-order valence-corrected chi connectivity index (χ4v) is 3.53. The van der Waals surface area contributed by atoms with Gasteiger partial charge in [0.25, 0.3) is 0 Å². The van der Waals surface area contributed by atoms with Crippen molar-refractivity contribution in [2.75, 3.05) is 11.5 Å². The van der Waals surface area contributed by atoms with Crippen LogP contribution in [-0.2, 0) is 17.1 Å². The van der Waals surface area contributed by atoms with Crippen molar-refractivity contribution in [2.24, 2.45) is 0 Å². The molecule has 0 unspecified atom stereocenters. The van der Waals surface area contributed by atoms with Crippen LogP contribution in [0.25, 0.3) is 0 Å². The molecule has 0 heterocycles. The van der Waals surface area contributed by atoms with E-state index < -0.39 is 0 Å². The van der Waals surface area contributed by atoms with E-state index in [4.69, 9.17) is 0 Å². The first-order chi connectivity index (χ1) is 8.45. The number of unbranched alkanes of at least 4 members (excludes halogenated alkanes) is 2. The molecule has 0 aliphatic carbocycles. The summed E-state index contributed by atoms with van der Waals surface area (Å²) in [5.74, 6) is 2.51. The maximum atomic E-state index is 2.19. The Bertz CT molecular complexity index is 340. The van der Waals surface area contributed by atoms with Crippen molar-refractivity contribution in [3.8, 4) is 0 Å². The number of hydrogen-bond donors (Lipinski definition) is 0. The first kappa shape index (κ1) is 16.0. The van der Waals surface area contributed by atoms with Gasteiger partial charge in [0.2, 0.25) is 0 Å². The maximum Gasteiger partial charge on any atom is 0 e. The molecule has 2 aromatic carbocycles. The molecule has 0 saturated heterocycles. The van der Waals surface area contributed by atoms with E-state index in [0.29, 0.717) is 0 Å². The van der Waals surface area contributed by atoms with Crippen molar-refractivity contribution in [3.05, 3.63) is 48.5 Å². The third-order valence-electron chi connectivity index (χ3n) is 2.59. The van der Waals surface area contributed by atoms with Crippen LogP contribution < -0.4 is 0 Å². The summed E-state index contributed by atoms with van der Waals surface area (Å²) in [6.07, 6.45) is 4.01. The largest absolute Gasteiger partial charge is 0.213 e. The zero-order valence-electron chi connectivity index (χ0n) is 10.3. The quantitative estimate of drug-likeness (QED) is 0.285. The van der Waals surface area contributed by atoms with E-state index in [-0.39, 0.29) is 17.1 Å². The number of hydrogen-bond acceptors (Lipinski definition) is 2. The molecule has 2 rings (SSSR count). The third-order valence-corrected chi connectivity index (χ3v) is 4.79. The predicted molar refractivity (Wildman–Crippen MR) is 79.4 cm³/mol. The van der Waals surface area contributed by atoms with Crippen LogP contribution in [0.2, 0.25) is 0 Å². The van der Waals surface area contributed by atoms with Gasteiger partial charge >= 0.3 is 0 Å². The summed E-state index contributed by atoms with van der Waals surface area (Å²) in [5, 5.41) is 0. The topological polar surface area (TPSA) is 0 Å². The van der Waals surface area contributed by atoms with Gasteiger partial charge < -0.3 is 0 Å². The van der Waals surface area contributed by atoms with Gasteiger partial charge in [-0.2, -0.15) is 47.8 Å². The van der Waals surface area contributed by atoms with Crippen molar-refractivity contribution in [1.29, 1.82) is 0 Å². The molecule has 0 fully saturated rings. The van der Waals surface area contributed by atoms with E-state index >= 15 is 0 Å². The fraction of sp³-hybridized carbons (Fsp3) is 0.333. The standard InChI is InChI=1S/C15H18S2.Fe/c1(6-12-16-14-8-2-3-9-14)7-13-17-15-10-4-5-11-15;/h2-5,8-11H,1,6-7,12-13H2;/q-2;. The molecule has 18 heavy (non-hydrogen) atoms. The van der Waals surface area contributed by atoms with Gasteiger partial charge in [-0.3, -0.25) is 0 Å². The average molecular weight is 318 g/mol. The number of thioether (sulfide) groups is 2.